The fourth-order valence-corrected chi connectivity index (χ4v) is 8.43. The minimum absolute atomic E-state index is 0.0138. The molecule has 1 heterocycles. The monoisotopic (exact) mass is 1170 g/mol. The third-order valence-corrected chi connectivity index (χ3v) is 12.0. The van der Waals surface area contributed by atoms with E-state index in [2.05, 4.69) is 0 Å². The van der Waals surface area contributed by atoms with Crippen molar-refractivity contribution in [2.45, 2.75) is 56.0 Å². The Labute approximate surface area is 433 Å². The zero-order valence-electron chi connectivity index (χ0n) is 39.1. The van der Waals surface area contributed by atoms with E-state index in [4.69, 9.17) is 0 Å². The van der Waals surface area contributed by atoms with Crippen LogP contribution in [0.1, 0.15) is 70.8 Å². The second kappa shape index (κ2) is 21.7. The maximum atomic E-state index is 14.2. The molecule has 7 rings (SSSR count). The summed E-state index contributed by atoms with van der Waals surface area (Å²) >= 11 is 0. The molecule has 0 atom stereocenters. The molecule has 0 aliphatic heterocycles. The lowest BCUT2D eigenvalue weighted by Gasteiger charge is -2.46. The van der Waals surface area contributed by atoms with Gasteiger partial charge >= 0.3 is 49.4 Å². The first-order valence-corrected chi connectivity index (χ1v) is 22.0. The quantitative estimate of drug-likeness (QED) is 0.0625. The van der Waals surface area contributed by atoms with Gasteiger partial charge in [-0.25, -0.2) is 0 Å². The lowest BCUT2D eigenvalue weighted by atomic mass is 9.12. The van der Waals surface area contributed by atoms with E-state index >= 15 is 0 Å². The number of nitrogens with zero attached hydrogens (tertiary/aromatic N) is 1. The Hall–Kier alpha value is -7.81. The summed E-state index contributed by atoms with van der Waals surface area (Å²) in [6.07, 6.45) is -51.1. The third kappa shape index (κ3) is 14.1. The van der Waals surface area contributed by atoms with Crippen molar-refractivity contribution >= 4 is 39.6 Å². The van der Waals surface area contributed by atoms with E-state index in [0.29, 0.717) is 16.7 Å². The van der Waals surface area contributed by atoms with Crippen molar-refractivity contribution < 1.29 is 120 Å². The molecule has 0 N–H and O–H groups in total. The molecular weight excluding hydrogens is 1140 g/mol. The molecule has 0 fully saturated rings. The molecule has 1 aromatic heterocycles. The molecule has 0 saturated carbocycles. The molecule has 3 nitrogen and oxygen atoms in total. The van der Waals surface area contributed by atoms with Gasteiger partial charge in [-0.3, -0.25) is 9.59 Å². The molecule has 0 aliphatic carbocycles. The molecule has 0 spiro atoms. The molecule has 7 aromatic rings. The van der Waals surface area contributed by atoms with Crippen molar-refractivity contribution in [3.05, 3.63) is 219 Å². The first-order valence-electron chi connectivity index (χ1n) is 22.0. The first-order chi connectivity index (χ1) is 36.5. The highest BCUT2D eigenvalue weighted by Crippen LogP contribution is 2.41. The highest BCUT2D eigenvalue weighted by molar-refractivity contribution is 7.20. The molecule has 0 saturated heterocycles. The fraction of sp³-hybridized carbons (Fsp3) is 0.173. The molecule has 0 amide bonds. The zero-order valence-corrected chi connectivity index (χ0v) is 39.1. The molecule has 6 aromatic carbocycles. The summed E-state index contributed by atoms with van der Waals surface area (Å²) < 4.78 is 343. The number of rotatable bonds is 9. The number of carbonyl (C=O) groups excluding carboxylic acids is 2. The van der Waals surface area contributed by atoms with E-state index in [1.165, 1.54) is 0 Å². The molecular formula is C52H28BF24NO2. The van der Waals surface area contributed by atoms with Gasteiger partial charge in [0.2, 0.25) is 12.3 Å². The van der Waals surface area contributed by atoms with Crippen LogP contribution in [0.25, 0.3) is 0 Å². The van der Waals surface area contributed by atoms with E-state index in [-0.39, 0.29) is 18.1 Å². The van der Waals surface area contributed by atoms with Crippen LogP contribution in [0, 0.1) is 0 Å². The number of aromatic nitrogens is 1. The summed E-state index contributed by atoms with van der Waals surface area (Å²) in [5, 5.41) is 0. The van der Waals surface area contributed by atoms with Gasteiger partial charge in [0.25, 0.3) is 0 Å². The topological polar surface area (TPSA) is 38.0 Å². The second-order valence-electron chi connectivity index (χ2n) is 17.5. The molecule has 28 heteroatoms. The second-order valence-corrected chi connectivity index (χ2v) is 17.5. The van der Waals surface area contributed by atoms with Gasteiger partial charge in [0.1, 0.15) is 6.15 Å². The molecule has 424 valence electrons. The zero-order chi connectivity index (χ0) is 60.0. The van der Waals surface area contributed by atoms with Crippen LogP contribution >= 0.6 is 0 Å². The standard InChI is InChI=1S/C32H12BF24.C20H16NO2/c34-25(35,36)13-1-14(26(37,38)39)6-21(5-13)33(22-7-15(27(40,41)42)2-16(8-22)28(43,44)45,23-9-17(29(46,47)48)3-18(10-23)30(49,50)51)24-11-19(31(52,53)54)4-20(12-24)32(55,56)57;22-19(15-21-13-5-2-6-14-21)16-9-11-18(12-10-16)20(23)17-7-3-1-4-8-17/h1-12H;1-14H,15H2/q-1;+1. The fourth-order valence-electron chi connectivity index (χ4n) is 8.43. The van der Waals surface area contributed by atoms with Crippen molar-refractivity contribution in [2.75, 3.05) is 0 Å². The van der Waals surface area contributed by atoms with Crippen molar-refractivity contribution in [1.29, 1.82) is 0 Å². The molecule has 0 bridgehead atoms. The maximum Gasteiger partial charge on any atom is 0.416 e. The highest BCUT2D eigenvalue weighted by Gasteiger charge is 2.47. The lowest BCUT2D eigenvalue weighted by Crippen LogP contribution is -2.75. The Morgan fingerprint density at radius 1 is 0.300 bits per heavy atom. The van der Waals surface area contributed by atoms with E-state index in [1.807, 2.05) is 53.4 Å². The van der Waals surface area contributed by atoms with Gasteiger partial charge in [-0.2, -0.15) is 132 Å². The number of Topliss-reactive ketones (excluding diaryl/α,β-unsaturated/α-hetero) is 1. The van der Waals surface area contributed by atoms with Gasteiger partial charge in [0.15, 0.2) is 18.2 Å². The van der Waals surface area contributed by atoms with Crippen LogP contribution in [0.5, 0.6) is 0 Å². The Morgan fingerprint density at radius 2 is 0.525 bits per heavy atom. The number of carbonyl (C=O) groups is 2. The van der Waals surface area contributed by atoms with Gasteiger partial charge in [-0.15, -0.1) is 0 Å². The lowest BCUT2D eigenvalue weighted by molar-refractivity contribution is -0.683. The number of hydrogen-bond acceptors (Lipinski definition) is 2. The largest absolute Gasteiger partial charge is 0.416 e. The van der Waals surface area contributed by atoms with Gasteiger partial charge in [-0.05, 0) is 24.3 Å². The van der Waals surface area contributed by atoms with Crippen molar-refractivity contribution in [3.63, 3.8) is 0 Å². The number of ketones is 2. The highest BCUT2D eigenvalue weighted by atomic mass is 19.4. The number of pyridine rings is 1. The minimum Gasteiger partial charge on any atom is -0.289 e. The number of alkyl halides is 24. The average Bonchev–Trinajstić information content (AvgIpc) is 3.49. The summed E-state index contributed by atoms with van der Waals surface area (Å²) in [5.74, 6) is -0.0260. The van der Waals surface area contributed by atoms with Crippen LogP contribution in [-0.4, -0.2) is 17.7 Å². The van der Waals surface area contributed by atoms with E-state index < -0.39 is 195 Å². The van der Waals surface area contributed by atoms with E-state index in [1.54, 1.807) is 36.4 Å². The van der Waals surface area contributed by atoms with Crippen LogP contribution in [0.2, 0.25) is 0 Å². The van der Waals surface area contributed by atoms with Crippen molar-refractivity contribution in [2.24, 2.45) is 0 Å². The molecule has 0 aliphatic rings. The van der Waals surface area contributed by atoms with Crippen LogP contribution in [0.15, 0.2) is 158 Å². The van der Waals surface area contributed by atoms with E-state index in [0.717, 1.165) is 0 Å². The van der Waals surface area contributed by atoms with Gasteiger partial charge in [0, 0.05) is 28.8 Å². The third-order valence-electron chi connectivity index (χ3n) is 12.0. The Balaban J connectivity index is 0.000000370. The van der Waals surface area contributed by atoms with Gasteiger partial charge < -0.3 is 0 Å². The summed E-state index contributed by atoms with van der Waals surface area (Å²) in [5.41, 5.74) is -28.4. The summed E-state index contributed by atoms with van der Waals surface area (Å²) in [4.78, 5) is 24.6. The summed E-state index contributed by atoms with van der Waals surface area (Å²) in [7, 11) is 0. The van der Waals surface area contributed by atoms with Crippen LogP contribution in [0.4, 0.5) is 105 Å². The molecule has 0 radical (unpaired) electrons. The van der Waals surface area contributed by atoms with Crippen LogP contribution < -0.4 is 26.4 Å². The number of benzene rings is 6. The smallest absolute Gasteiger partial charge is 0.289 e. The minimum atomic E-state index is -6.13. The predicted octanol–water partition coefficient (Wildman–Crippen LogP) is 14.3. The number of halogens is 24. The van der Waals surface area contributed by atoms with E-state index in [9.17, 15) is 115 Å². The summed E-state index contributed by atoms with van der Waals surface area (Å²) in [6.45, 7) is 0.285. The number of hydrogen-bond donors (Lipinski definition) is 0. The SMILES string of the molecule is FC(F)(F)c1cc([B-](c2cc(C(F)(F)F)cc(C(F)(F)F)c2)(c2cc(C(F)(F)F)cc(C(F)(F)F)c2)c2cc(C(F)(F)F)cc(C(F)(F)F)c2)cc(C(F)(F)F)c1.O=C(C[n+]1ccccc1)c1ccc(C(=O)c2ccccc2)cc1. The van der Waals surface area contributed by atoms with Crippen molar-refractivity contribution in [1.82, 2.24) is 0 Å². The Morgan fingerprint density at radius 3 is 0.775 bits per heavy atom. The normalized spacial score (nSPS) is 13.2. The molecule has 80 heavy (non-hydrogen) atoms. The average molecular weight is 1170 g/mol. The maximum absolute atomic E-state index is 14.2. The first kappa shape index (κ1) is 61.4. The Kier molecular flexibility index (Phi) is 16.6. The van der Waals surface area contributed by atoms with Crippen LogP contribution in [0.3, 0.4) is 0 Å². The summed E-state index contributed by atoms with van der Waals surface area (Å²) in [6, 6.07) is 12.8. The van der Waals surface area contributed by atoms with Crippen molar-refractivity contribution in [3.8, 4) is 0 Å². The molecule has 0 unspecified atom stereocenters. The van der Waals surface area contributed by atoms with Gasteiger partial charge in [0.05, 0.1) is 44.5 Å². The predicted molar refractivity (Wildman–Crippen MR) is 237 cm³/mol. The van der Waals surface area contributed by atoms with Gasteiger partial charge in [-0.1, -0.05) is 109 Å². The van der Waals surface area contributed by atoms with Crippen LogP contribution in [-0.2, 0) is 56.0 Å². The Bertz CT molecular complexity index is 2930.